The molecule has 8 nitrogen and oxygen atoms in total. The van der Waals surface area contributed by atoms with Crippen molar-refractivity contribution in [1.29, 1.82) is 0 Å². The van der Waals surface area contributed by atoms with Gasteiger partial charge in [-0.15, -0.1) is 11.3 Å². The van der Waals surface area contributed by atoms with E-state index in [-0.39, 0.29) is 5.91 Å². The molecule has 4 rings (SSSR count). The van der Waals surface area contributed by atoms with Gasteiger partial charge >= 0.3 is 0 Å². The van der Waals surface area contributed by atoms with Gasteiger partial charge in [-0.25, -0.2) is 19.6 Å². The molecule has 134 valence electrons. The smallest absolute Gasteiger partial charge is 0.265 e. The summed E-state index contributed by atoms with van der Waals surface area (Å²) < 4.78 is 1.71. The quantitative estimate of drug-likeness (QED) is 0.699. The van der Waals surface area contributed by atoms with Crippen molar-refractivity contribution in [3.8, 4) is 5.82 Å². The van der Waals surface area contributed by atoms with Crippen LogP contribution in [-0.2, 0) is 0 Å². The molecule has 9 heteroatoms. The van der Waals surface area contributed by atoms with Gasteiger partial charge in [0, 0.05) is 44.6 Å². The van der Waals surface area contributed by atoms with E-state index >= 15 is 0 Å². The second kappa shape index (κ2) is 6.83. The Bertz CT molecular complexity index is 913. The van der Waals surface area contributed by atoms with E-state index in [2.05, 4.69) is 25.0 Å². The minimum Gasteiger partial charge on any atom is -0.353 e. The van der Waals surface area contributed by atoms with Crippen LogP contribution < -0.4 is 4.90 Å². The standard InChI is InChI=1S/C17H19N7OS/c1-12-16(26-13(2)21-12)17(25)23-8-6-22(7-9-23)14-10-15(19-11-18-14)24-5-3-4-20-24/h3-5,10-11H,6-9H2,1-2H3. The lowest BCUT2D eigenvalue weighted by Crippen LogP contribution is -2.49. The lowest BCUT2D eigenvalue weighted by molar-refractivity contribution is 0.0750. The van der Waals surface area contributed by atoms with Crippen LogP contribution >= 0.6 is 11.3 Å². The number of hydrogen-bond donors (Lipinski definition) is 0. The Hall–Kier alpha value is -2.81. The number of anilines is 1. The zero-order valence-electron chi connectivity index (χ0n) is 14.7. The number of nitrogens with zero attached hydrogens (tertiary/aromatic N) is 7. The van der Waals surface area contributed by atoms with Crippen molar-refractivity contribution < 1.29 is 4.79 Å². The molecule has 0 saturated carbocycles. The van der Waals surface area contributed by atoms with Crippen molar-refractivity contribution in [2.75, 3.05) is 31.1 Å². The summed E-state index contributed by atoms with van der Waals surface area (Å²) in [4.78, 5) is 30.5. The number of thiazole rings is 1. The van der Waals surface area contributed by atoms with Gasteiger partial charge in [0.15, 0.2) is 5.82 Å². The third-order valence-corrected chi connectivity index (χ3v) is 5.43. The summed E-state index contributed by atoms with van der Waals surface area (Å²) in [5.74, 6) is 1.66. The molecule has 1 saturated heterocycles. The monoisotopic (exact) mass is 369 g/mol. The van der Waals surface area contributed by atoms with Crippen molar-refractivity contribution in [2.24, 2.45) is 0 Å². The highest BCUT2D eigenvalue weighted by Gasteiger charge is 2.25. The summed E-state index contributed by atoms with van der Waals surface area (Å²) in [6, 6.07) is 3.77. The van der Waals surface area contributed by atoms with E-state index in [1.165, 1.54) is 11.3 Å². The van der Waals surface area contributed by atoms with E-state index in [0.717, 1.165) is 40.3 Å². The van der Waals surface area contributed by atoms with Crippen molar-refractivity contribution in [1.82, 2.24) is 29.6 Å². The van der Waals surface area contributed by atoms with Gasteiger partial charge in [-0.2, -0.15) is 5.10 Å². The van der Waals surface area contributed by atoms with Gasteiger partial charge in [-0.05, 0) is 19.9 Å². The van der Waals surface area contributed by atoms with Crippen molar-refractivity contribution in [3.05, 3.63) is 46.4 Å². The maximum Gasteiger partial charge on any atom is 0.265 e. The molecule has 1 aliphatic rings. The van der Waals surface area contributed by atoms with Gasteiger partial charge in [0.1, 0.15) is 17.0 Å². The highest BCUT2D eigenvalue weighted by atomic mass is 32.1. The fourth-order valence-corrected chi connectivity index (χ4v) is 3.94. The van der Waals surface area contributed by atoms with Crippen LogP contribution in [0, 0.1) is 13.8 Å². The molecule has 0 N–H and O–H groups in total. The summed E-state index contributed by atoms with van der Waals surface area (Å²) in [6.07, 6.45) is 5.12. The number of hydrogen-bond acceptors (Lipinski definition) is 7. The lowest BCUT2D eigenvalue weighted by Gasteiger charge is -2.35. The van der Waals surface area contributed by atoms with Crippen LogP contribution in [0.4, 0.5) is 5.82 Å². The zero-order valence-corrected chi connectivity index (χ0v) is 15.5. The molecule has 0 radical (unpaired) electrons. The van der Waals surface area contributed by atoms with Crippen molar-refractivity contribution in [3.63, 3.8) is 0 Å². The Morgan fingerprint density at radius 3 is 2.54 bits per heavy atom. The van der Waals surface area contributed by atoms with Gasteiger partial charge in [-0.3, -0.25) is 4.79 Å². The van der Waals surface area contributed by atoms with Crippen LogP contribution in [0.1, 0.15) is 20.4 Å². The predicted octanol–water partition coefficient (Wildman–Crippen LogP) is 1.70. The van der Waals surface area contributed by atoms with Crippen molar-refractivity contribution in [2.45, 2.75) is 13.8 Å². The molecule has 1 amide bonds. The Morgan fingerprint density at radius 1 is 1.12 bits per heavy atom. The number of rotatable bonds is 3. The third kappa shape index (κ3) is 3.17. The molecule has 0 atom stereocenters. The van der Waals surface area contributed by atoms with Crippen LogP contribution in [0.3, 0.4) is 0 Å². The lowest BCUT2D eigenvalue weighted by atomic mass is 10.2. The number of amides is 1. The molecular formula is C17H19N7OS. The number of carbonyl (C=O) groups is 1. The number of aromatic nitrogens is 5. The molecule has 0 unspecified atom stereocenters. The van der Waals surface area contributed by atoms with Crippen LogP contribution in [0.2, 0.25) is 0 Å². The van der Waals surface area contributed by atoms with Crippen LogP contribution in [-0.4, -0.2) is 61.7 Å². The van der Waals surface area contributed by atoms with Crippen LogP contribution in [0.25, 0.3) is 5.82 Å². The average Bonchev–Trinajstić information content (AvgIpc) is 3.31. The van der Waals surface area contributed by atoms with E-state index in [9.17, 15) is 4.79 Å². The molecule has 0 spiro atoms. The first-order valence-electron chi connectivity index (χ1n) is 8.42. The molecule has 4 heterocycles. The minimum absolute atomic E-state index is 0.0765. The van der Waals surface area contributed by atoms with E-state index in [4.69, 9.17) is 0 Å². The summed E-state index contributed by atoms with van der Waals surface area (Å²) >= 11 is 1.47. The van der Waals surface area contributed by atoms with Gasteiger partial charge in [0.05, 0.1) is 10.7 Å². The van der Waals surface area contributed by atoms with Gasteiger partial charge in [-0.1, -0.05) is 0 Å². The first-order chi connectivity index (χ1) is 12.6. The molecule has 0 aromatic carbocycles. The second-order valence-electron chi connectivity index (χ2n) is 6.11. The fourth-order valence-electron chi connectivity index (χ4n) is 3.05. The van der Waals surface area contributed by atoms with Gasteiger partial charge in [0.25, 0.3) is 5.91 Å². The second-order valence-corrected chi connectivity index (χ2v) is 7.31. The summed E-state index contributed by atoms with van der Waals surface area (Å²) in [5.41, 5.74) is 0.819. The van der Waals surface area contributed by atoms with Crippen molar-refractivity contribution >= 4 is 23.1 Å². The highest BCUT2D eigenvalue weighted by Crippen LogP contribution is 2.21. The Balaban J connectivity index is 1.45. The molecule has 0 aliphatic carbocycles. The zero-order chi connectivity index (χ0) is 18.1. The van der Waals surface area contributed by atoms with Gasteiger partial charge < -0.3 is 9.80 Å². The summed E-state index contributed by atoms with van der Waals surface area (Å²) in [5, 5.41) is 5.13. The molecule has 3 aromatic heterocycles. The highest BCUT2D eigenvalue weighted by molar-refractivity contribution is 7.13. The Morgan fingerprint density at radius 2 is 1.88 bits per heavy atom. The first kappa shape index (κ1) is 16.6. The number of piperazine rings is 1. The first-order valence-corrected chi connectivity index (χ1v) is 9.24. The predicted molar refractivity (Wildman–Crippen MR) is 98.9 cm³/mol. The SMILES string of the molecule is Cc1nc(C)c(C(=O)N2CCN(c3cc(-n4cccn4)ncn3)CC2)s1. The number of carbonyl (C=O) groups excluding carboxylic acids is 1. The Labute approximate surface area is 155 Å². The molecule has 3 aromatic rings. The third-order valence-electron chi connectivity index (χ3n) is 4.37. The maximum absolute atomic E-state index is 12.7. The molecule has 26 heavy (non-hydrogen) atoms. The van der Waals surface area contributed by atoms with E-state index < -0.39 is 0 Å². The molecular weight excluding hydrogens is 350 g/mol. The fraction of sp³-hybridized carbons (Fsp3) is 0.353. The van der Waals surface area contributed by atoms with E-state index in [1.54, 1.807) is 17.2 Å². The molecule has 1 aliphatic heterocycles. The number of aryl methyl sites for hydroxylation is 2. The van der Waals surface area contributed by atoms with E-state index in [1.807, 2.05) is 37.1 Å². The summed E-state index contributed by atoms with van der Waals surface area (Å²) in [6.45, 7) is 6.62. The van der Waals surface area contributed by atoms with E-state index in [0.29, 0.717) is 13.1 Å². The van der Waals surface area contributed by atoms with Crippen LogP contribution in [0.5, 0.6) is 0 Å². The maximum atomic E-state index is 12.7. The topological polar surface area (TPSA) is 80.0 Å². The normalized spacial score (nSPS) is 14.7. The van der Waals surface area contributed by atoms with Crippen LogP contribution in [0.15, 0.2) is 30.9 Å². The summed E-state index contributed by atoms with van der Waals surface area (Å²) in [7, 11) is 0. The molecule has 1 fully saturated rings. The molecule has 0 bridgehead atoms. The minimum atomic E-state index is 0.0765. The average molecular weight is 369 g/mol. The Kier molecular flexibility index (Phi) is 4.37. The largest absolute Gasteiger partial charge is 0.353 e. The van der Waals surface area contributed by atoms with Gasteiger partial charge in [0.2, 0.25) is 0 Å².